The molecule has 10 heteroatoms. The molecular weight excluding hydrogens is 568 g/mol. The summed E-state index contributed by atoms with van der Waals surface area (Å²) < 4.78 is 1.76. The van der Waals surface area contributed by atoms with E-state index in [1.807, 2.05) is 75.5 Å². The quantitative estimate of drug-likeness (QED) is 0.485. The third kappa shape index (κ3) is 7.27. The molecule has 45 heavy (non-hydrogen) atoms. The summed E-state index contributed by atoms with van der Waals surface area (Å²) >= 11 is 0. The van der Waals surface area contributed by atoms with Gasteiger partial charge in [0, 0.05) is 69.6 Å². The molecule has 0 radical (unpaired) electrons. The van der Waals surface area contributed by atoms with E-state index >= 15 is 0 Å². The van der Waals surface area contributed by atoms with Crippen LogP contribution in [0.25, 0.3) is 11.1 Å². The number of aryl methyl sites for hydroxylation is 1. The normalized spacial score (nSPS) is 18.6. The van der Waals surface area contributed by atoms with Gasteiger partial charge in [0.15, 0.2) is 5.69 Å². The highest BCUT2D eigenvalue weighted by molar-refractivity contribution is 6.01. The van der Waals surface area contributed by atoms with Crippen molar-refractivity contribution in [2.75, 3.05) is 39.8 Å². The van der Waals surface area contributed by atoms with Gasteiger partial charge in [-0.05, 0) is 48.8 Å². The van der Waals surface area contributed by atoms with E-state index in [4.69, 9.17) is 0 Å². The summed E-state index contributed by atoms with van der Waals surface area (Å²) in [5.74, 6) is -0.475. The zero-order valence-electron chi connectivity index (χ0n) is 26.8. The smallest absolute Gasteiger partial charge is 0.272 e. The monoisotopic (exact) mass is 612 g/mol. The summed E-state index contributed by atoms with van der Waals surface area (Å²) in [6.45, 7) is 5.38. The Morgan fingerprint density at radius 1 is 0.956 bits per heavy atom. The lowest BCUT2D eigenvalue weighted by Gasteiger charge is -2.34. The Hall–Kier alpha value is -4.47. The number of rotatable bonds is 4. The van der Waals surface area contributed by atoms with Crippen molar-refractivity contribution in [3.63, 3.8) is 0 Å². The van der Waals surface area contributed by atoms with Crippen molar-refractivity contribution in [2.45, 2.75) is 52.0 Å². The molecule has 2 heterocycles. The molecule has 1 unspecified atom stereocenters. The molecule has 2 bridgehead atoms. The third-order valence-corrected chi connectivity index (χ3v) is 8.86. The fourth-order valence-corrected chi connectivity index (χ4v) is 6.45. The number of carbonyl (C=O) groups is 4. The topological polar surface area (TPSA) is 108 Å². The van der Waals surface area contributed by atoms with E-state index in [9.17, 15) is 19.2 Å². The van der Waals surface area contributed by atoms with Crippen molar-refractivity contribution >= 4 is 23.6 Å². The highest BCUT2D eigenvalue weighted by Gasteiger charge is 2.33. The number of benzene rings is 2. The third-order valence-electron chi connectivity index (χ3n) is 8.86. The van der Waals surface area contributed by atoms with Crippen molar-refractivity contribution < 1.29 is 19.2 Å². The van der Waals surface area contributed by atoms with E-state index in [0.717, 1.165) is 28.8 Å². The zero-order valence-corrected chi connectivity index (χ0v) is 26.8. The van der Waals surface area contributed by atoms with Crippen LogP contribution in [-0.4, -0.2) is 93.9 Å². The summed E-state index contributed by atoms with van der Waals surface area (Å²) in [6.07, 6.45) is 2.62. The van der Waals surface area contributed by atoms with Gasteiger partial charge in [0.05, 0.1) is 6.54 Å². The molecular formula is C35H44N6O4. The SMILES string of the molecule is CC(C)CN1CC(=O)N(C)C2CCc3c(c(nn3C)C(=O)NCCN(C(=O)c3ccccc3-c3ccccc3)CCCC1=O)C2. The van der Waals surface area contributed by atoms with Gasteiger partial charge in [-0.3, -0.25) is 23.9 Å². The molecule has 4 amide bonds. The number of carbonyl (C=O) groups excluding carboxylic acids is 4. The lowest BCUT2D eigenvalue weighted by molar-refractivity contribution is -0.141. The second-order valence-electron chi connectivity index (χ2n) is 12.5. The van der Waals surface area contributed by atoms with Crippen LogP contribution in [-0.2, 0) is 29.5 Å². The molecule has 1 N–H and O–H groups in total. The van der Waals surface area contributed by atoms with E-state index < -0.39 is 0 Å². The number of likely N-dealkylation sites (N-methyl/N-ethyl adjacent to an activating group) is 1. The number of hydrogen-bond acceptors (Lipinski definition) is 5. The summed E-state index contributed by atoms with van der Waals surface area (Å²) in [5, 5.41) is 7.55. The van der Waals surface area contributed by atoms with Crippen molar-refractivity contribution in [1.29, 1.82) is 0 Å². The van der Waals surface area contributed by atoms with Crippen molar-refractivity contribution in [1.82, 2.24) is 29.8 Å². The summed E-state index contributed by atoms with van der Waals surface area (Å²) in [5.41, 5.74) is 4.55. The summed E-state index contributed by atoms with van der Waals surface area (Å²) in [4.78, 5) is 59.6. The number of hydrogen-bond donors (Lipinski definition) is 1. The van der Waals surface area contributed by atoms with Gasteiger partial charge >= 0.3 is 0 Å². The van der Waals surface area contributed by atoms with Crippen LogP contribution in [0.2, 0.25) is 0 Å². The van der Waals surface area contributed by atoms with E-state index in [-0.39, 0.29) is 61.6 Å². The minimum absolute atomic E-state index is 0.00431. The molecule has 10 nitrogen and oxygen atoms in total. The second-order valence-corrected chi connectivity index (χ2v) is 12.5. The lowest BCUT2D eigenvalue weighted by atomic mass is 9.90. The van der Waals surface area contributed by atoms with Gasteiger partial charge in [0.2, 0.25) is 11.8 Å². The Morgan fingerprint density at radius 3 is 2.44 bits per heavy atom. The average Bonchev–Trinajstić information content (AvgIpc) is 3.38. The molecule has 238 valence electrons. The summed E-state index contributed by atoms with van der Waals surface area (Å²) in [6, 6.07) is 17.2. The standard InChI is InChI=1S/C35H44N6O4/c1-24(2)22-41-23-32(43)38(3)26-16-17-30-29(21-26)33(37-39(30)4)34(44)36-18-20-40(19-10-15-31(41)42)35(45)28-14-9-8-13-27(28)25-11-6-5-7-12-25/h5-9,11-14,24,26H,10,15-23H2,1-4H3,(H,36,44). The van der Waals surface area contributed by atoms with Crippen molar-refractivity contribution in [2.24, 2.45) is 13.0 Å². The fourth-order valence-electron chi connectivity index (χ4n) is 6.45. The molecule has 0 spiro atoms. The number of nitrogens with zero attached hydrogens (tertiary/aromatic N) is 5. The van der Waals surface area contributed by atoms with Gasteiger partial charge in [-0.25, -0.2) is 0 Å². The van der Waals surface area contributed by atoms with Crippen LogP contribution in [0, 0.1) is 5.92 Å². The Balaban J connectivity index is 1.44. The van der Waals surface area contributed by atoms with E-state index in [0.29, 0.717) is 43.6 Å². The molecule has 1 atom stereocenters. The van der Waals surface area contributed by atoms with E-state index in [2.05, 4.69) is 10.4 Å². The molecule has 1 aromatic heterocycles. The van der Waals surface area contributed by atoms with Gasteiger partial charge in [-0.1, -0.05) is 62.4 Å². The van der Waals surface area contributed by atoms with Gasteiger partial charge in [-0.2, -0.15) is 5.10 Å². The highest BCUT2D eigenvalue weighted by atomic mass is 16.2. The Kier molecular flexibility index (Phi) is 10.0. The predicted octanol–water partition coefficient (Wildman–Crippen LogP) is 3.55. The molecule has 3 aromatic rings. The Bertz CT molecular complexity index is 1550. The average molecular weight is 613 g/mol. The number of fused-ring (bicyclic) bond motifs is 1. The minimum Gasteiger partial charge on any atom is -0.349 e. The first-order chi connectivity index (χ1) is 21.6. The van der Waals surface area contributed by atoms with Crippen molar-refractivity contribution in [3.8, 4) is 11.1 Å². The second kappa shape index (κ2) is 14.1. The van der Waals surface area contributed by atoms with E-state index in [1.165, 1.54) is 0 Å². The molecule has 2 aliphatic rings. The molecule has 0 saturated heterocycles. The maximum atomic E-state index is 14.1. The Morgan fingerprint density at radius 2 is 1.69 bits per heavy atom. The highest BCUT2D eigenvalue weighted by Crippen LogP contribution is 2.28. The van der Waals surface area contributed by atoms with Crippen LogP contribution in [0.3, 0.4) is 0 Å². The number of aromatic nitrogens is 2. The minimum atomic E-state index is -0.291. The largest absolute Gasteiger partial charge is 0.349 e. The molecule has 0 fully saturated rings. The number of amides is 4. The summed E-state index contributed by atoms with van der Waals surface area (Å²) in [7, 11) is 3.63. The molecule has 1 aliphatic heterocycles. The van der Waals surface area contributed by atoms with Crippen LogP contribution < -0.4 is 5.32 Å². The molecule has 5 rings (SSSR count). The predicted molar refractivity (Wildman–Crippen MR) is 173 cm³/mol. The molecule has 2 aromatic carbocycles. The number of nitrogens with one attached hydrogen (secondary N) is 1. The van der Waals surface area contributed by atoms with Crippen LogP contribution >= 0.6 is 0 Å². The van der Waals surface area contributed by atoms with Gasteiger partial charge in [0.1, 0.15) is 0 Å². The van der Waals surface area contributed by atoms with E-state index in [1.54, 1.807) is 26.4 Å². The molecule has 0 saturated carbocycles. The lowest BCUT2D eigenvalue weighted by Crippen LogP contribution is -2.47. The van der Waals surface area contributed by atoms with Gasteiger partial charge < -0.3 is 20.0 Å². The van der Waals surface area contributed by atoms with Crippen LogP contribution in [0.15, 0.2) is 54.6 Å². The first kappa shape index (κ1) is 31.9. The first-order valence-corrected chi connectivity index (χ1v) is 15.9. The maximum Gasteiger partial charge on any atom is 0.272 e. The fraction of sp³-hybridized carbons (Fsp3) is 0.457. The van der Waals surface area contributed by atoms with Crippen molar-refractivity contribution in [3.05, 3.63) is 77.1 Å². The molecule has 1 aliphatic carbocycles. The van der Waals surface area contributed by atoms with Crippen LogP contribution in [0.1, 0.15) is 65.2 Å². The van der Waals surface area contributed by atoms with Gasteiger partial charge in [-0.15, -0.1) is 0 Å². The first-order valence-electron chi connectivity index (χ1n) is 15.9. The van der Waals surface area contributed by atoms with Gasteiger partial charge in [0.25, 0.3) is 11.8 Å². The maximum absolute atomic E-state index is 14.1. The van der Waals surface area contributed by atoms with Crippen LogP contribution in [0.4, 0.5) is 0 Å². The zero-order chi connectivity index (χ0) is 32.1. The Labute approximate surface area is 265 Å². The van der Waals surface area contributed by atoms with Crippen LogP contribution in [0.5, 0.6) is 0 Å².